The standard InChI is InChI=1S/C21H33N3O2/c1-17-6-10-24(11-7-17)15-19-5-3-2-4-18(19)14-23-20(25)21(16-22)8-12-26-13-9-21/h2-5,17H,6-16,22H2,1H3,(H,23,25). The van der Waals surface area contributed by atoms with Gasteiger partial charge in [0.25, 0.3) is 0 Å². The summed E-state index contributed by atoms with van der Waals surface area (Å²) in [6.45, 7) is 7.83. The Labute approximate surface area is 157 Å². The lowest BCUT2D eigenvalue weighted by molar-refractivity contribution is -0.136. The van der Waals surface area contributed by atoms with E-state index in [9.17, 15) is 4.79 Å². The van der Waals surface area contributed by atoms with Gasteiger partial charge >= 0.3 is 0 Å². The number of likely N-dealkylation sites (tertiary alicyclic amines) is 1. The molecule has 0 spiro atoms. The lowest BCUT2D eigenvalue weighted by atomic mass is 9.79. The molecule has 0 atom stereocenters. The van der Waals surface area contributed by atoms with E-state index in [1.54, 1.807) is 0 Å². The summed E-state index contributed by atoms with van der Waals surface area (Å²) in [7, 11) is 0. The monoisotopic (exact) mass is 359 g/mol. The second kappa shape index (κ2) is 8.98. The Morgan fingerprint density at radius 3 is 2.54 bits per heavy atom. The largest absolute Gasteiger partial charge is 0.381 e. The highest BCUT2D eigenvalue weighted by molar-refractivity contribution is 5.83. The number of ether oxygens (including phenoxy) is 1. The average molecular weight is 360 g/mol. The predicted molar refractivity (Wildman–Crippen MR) is 104 cm³/mol. The molecule has 0 radical (unpaired) electrons. The number of nitrogens with two attached hydrogens (primary N) is 1. The summed E-state index contributed by atoms with van der Waals surface area (Å²) < 4.78 is 5.41. The van der Waals surface area contributed by atoms with Crippen molar-refractivity contribution >= 4 is 5.91 Å². The SMILES string of the molecule is CC1CCN(Cc2ccccc2CNC(=O)C2(CN)CCOCC2)CC1. The van der Waals surface area contributed by atoms with Crippen LogP contribution in [0.4, 0.5) is 0 Å². The molecule has 0 aromatic heterocycles. The Bertz CT molecular complexity index is 591. The third-order valence-corrected chi connectivity index (χ3v) is 6.15. The van der Waals surface area contributed by atoms with Crippen molar-refractivity contribution in [1.82, 2.24) is 10.2 Å². The van der Waals surface area contributed by atoms with Gasteiger partial charge in [-0.2, -0.15) is 0 Å². The van der Waals surface area contributed by atoms with Crippen molar-refractivity contribution in [3.63, 3.8) is 0 Å². The van der Waals surface area contributed by atoms with Crippen LogP contribution in [0.5, 0.6) is 0 Å². The van der Waals surface area contributed by atoms with E-state index in [1.165, 1.54) is 24.0 Å². The van der Waals surface area contributed by atoms with Crippen molar-refractivity contribution in [1.29, 1.82) is 0 Å². The van der Waals surface area contributed by atoms with E-state index < -0.39 is 5.41 Å². The van der Waals surface area contributed by atoms with Crippen LogP contribution in [0.2, 0.25) is 0 Å². The number of hydrogen-bond acceptors (Lipinski definition) is 4. The minimum Gasteiger partial charge on any atom is -0.381 e. The maximum atomic E-state index is 12.8. The molecular formula is C21H33N3O2. The fourth-order valence-corrected chi connectivity index (χ4v) is 3.99. The maximum Gasteiger partial charge on any atom is 0.227 e. The van der Waals surface area contributed by atoms with Crippen LogP contribution in [0.1, 0.15) is 43.7 Å². The van der Waals surface area contributed by atoms with Crippen molar-refractivity contribution < 1.29 is 9.53 Å². The highest BCUT2D eigenvalue weighted by Gasteiger charge is 2.38. The molecule has 0 unspecified atom stereocenters. The summed E-state index contributed by atoms with van der Waals surface area (Å²) in [4.78, 5) is 15.3. The zero-order chi connectivity index (χ0) is 18.4. The van der Waals surface area contributed by atoms with Crippen LogP contribution in [0.25, 0.3) is 0 Å². The Morgan fingerprint density at radius 2 is 1.88 bits per heavy atom. The van der Waals surface area contributed by atoms with Gasteiger partial charge < -0.3 is 15.8 Å². The summed E-state index contributed by atoms with van der Waals surface area (Å²) in [5.41, 5.74) is 8.01. The molecule has 5 nitrogen and oxygen atoms in total. The fraction of sp³-hybridized carbons (Fsp3) is 0.667. The molecule has 2 aliphatic rings. The fourth-order valence-electron chi connectivity index (χ4n) is 3.99. The smallest absolute Gasteiger partial charge is 0.227 e. The highest BCUT2D eigenvalue weighted by Crippen LogP contribution is 2.29. The van der Waals surface area contributed by atoms with E-state index in [2.05, 4.69) is 41.4 Å². The van der Waals surface area contributed by atoms with Crippen LogP contribution >= 0.6 is 0 Å². The summed E-state index contributed by atoms with van der Waals surface area (Å²) in [5, 5.41) is 3.15. The Hall–Kier alpha value is -1.43. The maximum absolute atomic E-state index is 12.8. The molecule has 2 fully saturated rings. The first-order valence-electron chi connectivity index (χ1n) is 9.98. The van der Waals surface area contributed by atoms with Gasteiger partial charge in [0.1, 0.15) is 0 Å². The number of carbonyl (C=O) groups excluding carboxylic acids is 1. The molecule has 2 saturated heterocycles. The summed E-state index contributed by atoms with van der Waals surface area (Å²) >= 11 is 0. The average Bonchev–Trinajstić information content (AvgIpc) is 2.69. The van der Waals surface area contributed by atoms with Crippen molar-refractivity contribution in [3.8, 4) is 0 Å². The Kier molecular flexibility index (Phi) is 6.68. The molecule has 2 heterocycles. The minimum absolute atomic E-state index is 0.0740. The van der Waals surface area contributed by atoms with Crippen molar-refractivity contribution in [3.05, 3.63) is 35.4 Å². The lowest BCUT2D eigenvalue weighted by Crippen LogP contribution is -2.49. The molecule has 2 aliphatic heterocycles. The number of benzene rings is 1. The number of nitrogens with one attached hydrogen (secondary N) is 1. The van der Waals surface area contributed by atoms with Gasteiger partial charge in [0.2, 0.25) is 5.91 Å². The van der Waals surface area contributed by atoms with Gasteiger partial charge in [-0.05, 0) is 55.8 Å². The number of amides is 1. The van der Waals surface area contributed by atoms with Crippen LogP contribution in [-0.4, -0.2) is 43.7 Å². The summed E-state index contributed by atoms with van der Waals surface area (Å²) in [6.07, 6.45) is 3.98. The third-order valence-electron chi connectivity index (χ3n) is 6.15. The van der Waals surface area contributed by atoms with Crippen LogP contribution < -0.4 is 11.1 Å². The van der Waals surface area contributed by atoms with Gasteiger partial charge in [-0.3, -0.25) is 9.69 Å². The zero-order valence-corrected chi connectivity index (χ0v) is 16.0. The Morgan fingerprint density at radius 1 is 1.23 bits per heavy atom. The number of piperidine rings is 1. The predicted octanol–water partition coefficient (Wildman–Crippen LogP) is 2.29. The molecule has 0 saturated carbocycles. The molecule has 1 amide bonds. The lowest BCUT2D eigenvalue weighted by Gasteiger charge is -2.34. The van der Waals surface area contributed by atoms with E-state index in [0.29, 0.717) is 39.1 Å². The topological polar surface area (TPSA) is 67.6 Å². The second-order valence-electron chi connectivity index (χ2n) is 8.01. The molecule has 5 heteroatoms. The molecule has 1 aromatic rings. The number of rotatable bonds is 6. The minimum atomic E-state index is -0.462. The first-order chi connectivity index (χ1) is 12.6. The second-order valence-corrected chi connectivity index (χ2v) is 8.01. The third kappa shape index (κ3) is 4.64. The van der Waals surface area contributed by atoms with Crippen LogP contribution in [0, 0.1) is 11.3 Å². The van der Waals surface area contributed by atoms with Gasteiger partial charge in [0, 0.05) is 32.8 Å². The normalized spacial score (nSPS) is 21.5. The van der Waals surface area contributed by atoms with E-state index >= 15 is 0 Å². The molecular weight excluding hydrogens is 326 g/mol. The molecule has 3 rings (SSSR count). The molecule has 0 aliphatic carbocycles. The van der Waals surface area contributed by atoms with E-state index in [1.807, 2.05) is 0 Å². The number of nitrogens with zero attached hydrogens (tertiary/aromatic N) is 1. The van der Waals surface area contributed by atoms with E-state index in [0.717, 1.165) is 25.6 Å². The summed E-state index contributed by atoms with van der Waals surface area (Å²) in [5.74, 6) is 0.914. The molecule has 0 bridgehead atoms. The van der Waals surface area contributed by atoms with Crippen molar-refractivity contribution in [2.45, 2.75) is 45.7 Å². The van der Waals surface area contributed by atoms with Gasteiger partial charge in [-0.25, -0.2) is 0 Å². The van der Waals surface area contributed by atoms with Gasteiger partial charge in [0.15, 0.2) is 0 Å². The van der Waals surface area contributed by atoms with Gasteiger partial charge in [-0.1, -0.05) is 31.2 Å². The van der Waals surface area contributed by atoms with Crippen molar-refractivity contribution in [2.24, 2.45) is 17.1 Å². The number of carbonyl (C=O) groups is 1. The van der Waals surface area contributed by atoms with Crippen LogP contribution in [0.3, 0.4) is 0 Å². The molecule has 144 valence electrons. The first kappa shape index (κ1) is 19.3. The highest BCUT2D eigenvalue weighted by atomic mass is 16.5. The quantitative estimate of drug-likeness (QED) is 0.818. The van der Waals surface area contributed by atoms with Crippen LogP contribution in [0.15, 0.2) is 24.3 Å². The summed E-state index contributed by atoms with van der Waals surface area (Å²) in [6, 6.07) is 8.46. The number of hydrogen-bond donors (Lipinski definition) is 2. The van der Waals surface area contributed by atoms with Crippen molar-refractivity contribution in [2.75, 3.05) is 32.8 Å². The molecule has 26 heavy (non-hydrogen) atoms. The first-order valence-corrected chi connectivity index (χ1v) is 9.98. The van der Waals surface area contributed by atoms with Gasteiger partial charge in [-0.15, -0.1) is 0 Å². The zero-order valence-electron chi connectivity index (χ0n) is 16.0. The van der Waals surface area contributed by atoms with E-state index in [-0.39, 0.29) is 5.91 Å². The van der Waals surface area contributed by atoms with Crippen LogP contribution in [-0.2, 0) is 22.6 Å². The van der Waals surface area contributed by atoms with E-state index in [4.69, 9.17) is 10.5 Å². The van der Waals surface area contributed by atoms with Gasteiger partial charge in [0.05, 0.1) is 5.41 Å². The molecule has 1 aromatic carbocycles. The molecule has 3 N–H and O–H groups in total. The Balaban J connectivity index is 1.60.